The van der Waals surface area contributed by atoms with Crippen LogP contribution in [-0.2, 0) is 6.54 Å². The predicted molar refractivity (Wildman–Crippen MR) is 101 cm³/mol. The van der Waals surface area contributed by atoms with Gasteiger partial charge in [0.05, 0.1) is 12.6 Å². The predicted octanol–water partition coefficient (Wildman–Crippen LogP) is 3.89. The van der Waals surface area contributed by atoms with Crippen molar-refractivity contribution in [1.29, 1.82) is 0 Å². The van der Waals surface area contributed by atoms with Crippen LogP contribution in [0.5, 0.6) is 0 Å². The van der Waals surface area contributed by atoms with Crippen molar-refractivity contribution in [2.75, 3.05) is 27.2 Å². The molecule has 2 aromatic rings. The van der Waals surface area contributed by atoms with Crippen molar-refractivity contribution in [1.82, 2.24) is 15.1 Å². The number of likely N-dealkylation sites (N-methyl/N-ethyl adjacent to an activating group) is 1. The first-order chi connectivity index (χ1) is 12.0. The fourth-order valence-corrected chi connectivity index (χ4v) is 3.26. The number of amides is 2. The fourth-order valence-electron chi connectivity index (χ4n) is 2.55. The van der Waals surface area contributed by atoms with E-state index in [4.69, 9.17) is 0 Å². The lowest BCUT2D eigenvalue weighted by Crippen LogP contribution is -2.43. The van der Waals surface area contributed by atoms with Crippen LogP contribution in [0, 0.1) is 5.82 Å². The summed E-state index contributed by atoms with van der Waals surface area (Å²) >= 11 is 1.62. The molecule has 0 saturated carbocycles. The number of halogens is 1. The zero-order valence-corrected chi connectivity index (χ0v) is 15.4. The van der Waals surface area contributed by atoms with Gasteiger partial charge in [-0.25, -0.2) is 9.18 Å². The van der Waals surface area contributed by atoms with Crippen molar-refractivity contribution < 1.29 is 9.18 Å². The molecule has 0 aliphatic rings. The molecule has 2 rings (SSSR count). The van der Waals surface area contributed by atoms with Gasteiger partial charge in [-0.05, 0) is 43.2 Å². The van der Waals surface area contributed by atoms with E-state index in [1.54, 1.807) is 34.4 Å². The van der Waals surface area contributed by atoms with Crippen LogP contribution in [0.25, 0.3) is 0 Å². The molecular formula is C19H24FN3OS. The van der Waals surface area contributed by atoms with E-state index in [1.807, 2.05) is 36.5 Å². The lowest BCUT2D eigenvalue weighted by atomic mass is 10.1. The zero-order chi connectivity index (χ0) is 18.2. The number of benzene rings is 1. The van der Waals surface area contributed by atoms with Gasteiger partial charge in [0.1, 0.15) is 5.82 Å². The second-order valence-corrected chi connectivity index (χ2v) is 7.00. The highest BCUT2D eigenvalue weighted by atomic mass is 32.1. The second kappa shape index (κ2) is 9.34. The van der Waals surface area contributed by atoms with Crippen LogP contribution >= 0.6 is 11.3 Å². The second-order valence-electron chi connectivity index (χ2n) is 5.97. The molecule has 134 valence electrons. The van der Waals surface area contributed by atoms with Gasteiger partial charge < -0.3 is 15.1 Å². The monoisotopic (exact) mass is 361 g/mol. The largest absolute Gasteiger partial charge is 0.336 e. The van der Waals surface area contributed by atoms with E-state index in [-0.39, 0.29) is 17.9 Å². The van der Waals surface area contributed by atoms with Gasteiger partial charge in [-0.2, -0.15) is 0 Å². The quantitative estimate of drug-likeness (QED) is 0.724. The van der Waals surface area contributed by atoms with Crippen LogP contribution in [0.1, 0.15) is 16.5 Å². The number of rotatable bonds is 8. The van der Waals surface area contributed by atoms with Crippen LogP contribution in [0.2, 0.25) is 0 Å². The van der Waals surface area contributed by atoms with E-state index in [9.17, 15) is 9.18 Å². The molecule has 4 nitrogen and oxygen atoms in total. The summed E-state index contributed by atoms with van der Waals surface area (Å²) < 4.78 is 13.1. The Labute approximate surface area is 152 Å². The molecule has 1 atom stereocenters. The fraction of sp³-hybridized carbons (Fsp3) is 0.316. The summed E-state index contributed by atoms with van der Waals surface area (Å²) in [5.74, 6) is -0.265. The van der Waals surface area contributed by atoms with Gasteiger partial charge in [-0.1, -0.05) is 24.3 Å². The van der Waals surface area contributed by atoms with E-state index in [0.717, 1.165) is 10.4 Å². The van der Waals surface area contributed by atoms with Crippen LogP contribution in [-0.4, -0.2) is 43.0 Å². The van der Waals surface area contributed by atoms with Crippen molar-refractivity contribution in [3.8, 4) is 0 Å². The summed E-state index contributed by atoms with van der Waals surface area (Å²) in [6.45, 7) is 5.20. The van der Waals surface area contributed by atoms with E-state index < -0.39 is 0 Å². The average Bonchev–Trinajstić information content (AvgIpc) is 3.09. The molecule has 1 heterocycles. The normalized spacial score (nSPS) is 12.0. The van der Waals surface area contributed by atoms with Crippen molar-refractivity contribution in [3.63, 3.8) is 0 Å². The SMILES string of the molecule is C=CCN(Cc1cccs1)C(=O)NCC(c1ccc(F)cc1)N(C)C. The Bertz CT molecular complexity index is 670. The lowest BCUT2D eigenvalue weighted by Gasteiger charge is -2.27. The number of nitrogens with one attached hydrogen (secondary N) is 1. The summed E-state index contributed by atoms with van der Waals surface area (Å²) in [5, 5.41) is 4.98. The maximum absolute atomic E-state index is 13.1. The molecule has 0 aliphatic heterocycles. The number of urea groups is 1. The summed E-state index contributed by atoms with van der Waals surface area (Å²) in [5.41, 5.74) is 0.959. The average molecular weight is 361 g/mol. The van der Waals surface area contributed by atoms with Crippen molar-refractivity contribution >= 4 is 17.4 Å². The van der Waals surface area contributed by atoms with Gasteiger partial charge in [0.25, 0.3) is 0 Å². The molecule has 0 bridgehead atoms. The van der Waals surface area contributed by atoms with Crippen LogP contribution in [0.4, 0.5) is 9.18 Å². The Balaban J connectivity index is 2.00. The van der Waals surface area contributed by atoms with Gasteiger partial charge in [0.2, 0.25) is 0 Å². The summed E-state index contributed by atoms with van der Waals surface area (Å²) in [4.78, 5) is 17.4. The maximum atomic E-state index is 13.1. The number of carbonyl (C=O) groups is 1. The molecule has 0 fully saturated rings. The minimum Gasteiger partial charge on any atom is -0.336 e. The first-order valence-electron chi connectivity index (χ1n) is 8.09. The minimum atomic E-state index is -0.265. The van der Waals surface area contributed by atoms with Crippen molar-refractivity contribution in [3.05, 3.63) is 70.7 Å². The van der Waals surface area contributed by atoms with Gasteiger partial charge in [-0.3, -0.25) is 0 Å². The molecule has 6 heteroatoms. The highest BCUT2D eigenvalue weighted by molar-refractivity contribution is 7.09. The Morgan fingerprint density at radius 3 is 2.60 bits per heavy atom. The maximum Gasteiger partial charge on any atom is 0.318 e. The standard InChI is InChI=1S/C19H24FN3OS/c1-4-11-23(14-17-6-5-12-25-17)19(24)21-13-18(22(2)3)15-7-9-16(20)10-8-15/h4-10,12,18H,1,11,13-14H2,2-3H3,(H,21,24). The number of hydrogen-bond donors (Lipinski definition) is 1. The number of nitrogens with zero attached hydrogens (tertiary/aromatic N) is 2. The number of hydrogen-bond acceptors (Lipinski definition) is 3. The van der Waals surface area contributed by atoms with Crippen molar-refractivity contribution in [2.24, 2.45) is 0 Å². The summed E-state index contributed by atoms with van der Waals surface area (Å²) in [7, 11) is 3.88. The van der Waals surface area contributed by atoms with E-state index in [1.165, 1.54) is 12.1 Å². The minimum absolute atomic E-state index is 0.0307. The molecule has 0 aliphatic carbocycles. The van der Waals surface area contributed by atoms with Crippen LogP contribution < -0.4 is 5.32 Å². The number of thiophene rings is 1. The van der Waals surface area contributed by atoms with Gasteiger partial charge in [0, 0.05) is 18.0 Å². The molecule has 0 radical (unpaired) electrons. The van der Waals surface area contributed by atoms with Gasteiger partial charge in [-0.15, -0.1) is 17.9 Å². The lowest BCUT2D eigenvalue weighted by molar-refractivity contribution is 0.195. The van der Waals surface area contributed by atoms with Gasteiger partial charge in [0.15, 0.2) is 0 Å². The third-order valence-electron chi connectivity index (χ3n) is 3.89. The Hall–Kier alpha value is -2.18. The Kier molecular flexibility index (Phi) is 7.16. The summed E-state index contributed by atoms with van der Waals surface area (Å²) in [6, 6.07) is 10.2. The third-order valence-corrected chi connectivity index (χ3v) is 4.75. The van der Waals surface area contributed by atoms with E-state index >= 15 is 0 Å². The molecular weight excluding hydrogens is 337 g/mol. The third kappa shape index (κ3) is 5.69. The summed E-state index contributed by atoms with van der Waals surface area (Å²) in [6.07, 6.45) is 1.72. The molecule has 0 saturated heterocycles. The molecule has 1 aromatic carbocycles. The molecule has 0 spiro atoms. The molecule has 25 heavy (non-hydrogen) atoms. The van der Waals surface area contributed by atoms with Crippen molar-refractivity contribution in [2.45, 2.75) is 12.6 Å². The van der Waals surface area contributed by atoms with E-state index in [2.05, 4.69) is 11.9 Å². The first-order valence-corrected chi connectivity index (χ1v) is 8.97. The first kappa shape index (κ1) is 19.1. The van der Waals surface area contributed by atoms with Gasteiger partial charge >= 0.3 is 6.03 Å². The highest BCUT2D eigenvalue weighted by Crippen LogP contribution is 2.18. The topological polar surface area (TPSA) is 35.6 Å². The number of carbonyl (C=O) groups excluding carboxylic acids is 1. The highest BCUT2D eigenvalue weighted by Gasteiger charge is 2.18. The Morgan fingerprint density at radius 2 is 2.04 bits per heavy atom. The van der Waals surface area contributed by atoms with Crippen LogP contribution in [0.3, 0.4) is 0 Å². The molecule has 1 unspecified atom stereocenters. The molecule has 2 amide bonds. The van der Waals surface area contributed by atoms with E-state index in [0.29, 0.717) is 19.6 Å². The smallest absolute Gasteiger partial charge is 0.318 e. The van der Waals surface area contributed by atoms with Crippen LogP contribution in [0.15, 0.2) is 54.4 Å². The zero-order valence-electron chi connectivity index (χ0n) is 14.6. The Morgan fingerprint density at radius 1 is 1.32 bits per heavy atom. The molecule has 1 aromatic heterocycles. The molecule has 1 N–H and O–H groups in total.